The summed E-state index contributed by atoms with van der Waals surface area (Å²) in [5.41, 5.74) is 8.57. The van der Waals surface area contributed by atoms with Crippen LogP contribution in [-0.4, -0.2) is 18.0 Å². The van der Waals surface area contributed by atoms with Gasteiger partial charge in [-0.25, -0.2) is 0 Å². The van der Waals surface area contributed by atoms with Crippen LogP contribution < -0.4 is 5.19 Å². The molecule has 0 atom stereocenters. The second-order valence-corrected chi connectivity index (χ2v) is 20.3. The fourth-order valence-electron chi connectivity index (χ4n) is 6.09. The zero-order chi connectivity index (χ0) is 42.3. The van der Waals surface area contributed by atoms with Crippen LogP contribution in [0.15, 0.2) is 134 Å². The molecule has 0 fully saturated rings. The molecule has 267 valence electrons. The number of nitrogens with zero attached hydrogens (tertiary/aromatic N) is 2. The smallest absolute Gasteiger partial charge is 0.0795 e. The summed E-state index contributed by atoms with van der Waals surface area (Å²) < 4.78 is 56.8. The summed E-state index contributed by atoms with van der Waals surface area (Å²) in [5, 5.41) is 3.62. The summed E-state index contributed by atoms with van der Waals surface area (Å²) in [6.45, 7) is 6.33. The Labute approximate surface area is 343 Å². The van der Waals surface area contributed by atoms with Crippen molar-refractivity contribution in [3.63, 3.8) is 0 Å². The molecule has 0 aliphatic rings. The standard InChI is InChI=1S/C27H22NS.C21H22NSi.Ir/c1-17(2)20-12-13-28-25(15-20)22-9-11-26-24(14-22)23-10-8-21(16-27(23)29-26)19-6-4-18(3)5-7-19;1-16-10-11-18(14-20(16)17-8-6-5-7-9-17)21-13-12-19(15-22-21)23(2,3)4;/h4-8,10-17H,1-3H3;5-10,12-15H,1-4H3;/q2*-1;/i3D3,17D;1D3;. The van der Waals surface area contributed by atoms with E-state index in [0.29, 0.717) is 16.7 Å². The normalized spacial score (nSPS) is 13.9. The van der Waals surface area contributed by atoms with Gasteiger partial charge >= 0.3 is 0 Å². The molecule has 8 rings (SSSR count). The number of hydrogen-bond acceptors (Lipinski definition) is 3. The summed E-state index contributed by atoms with van der Waals surface area (Å²) >= 11 is 1.72. The van der Waals surface area contributed by atoms with Crippen molar-refractivity contribution in [1.29, 1.82) is 0 Å². The molecule has 3 aromatic heterocycles. The first-order valence-electron chi connectivity index (χ1n) is 20.8. The Morgan fingerprint density at radius 2 is 1.43 bits per heavy atom. The van der Waals surface area contributed by atoms with E-state index < -0.39 is 27.7 Å². The average molecular weight is 908 g/mol. The van der Waals surface area contributed by atoms with Gasteiger partial charge < -0.3 is 9.97 Å². The van der Waals surface area contributed by atoms with Gasteiger partial charge in [0.1, 0.15) is 0 Å². The van der Waals surface area contributed by atoms with Gasteiger partial charge in [0.2, 0.25) is 0 Å². The second kappa shape index (κ2) is 16.2. The van der Waals surface area contributed by atoms with Crippen LogP contribution in [0.2, 0.25) is 19.6 Å². The van der Waals surface area contributed by atoms with Crippen molar-refractivity contribution in [1.82, 2.24) is 9.97 Å². The van der Waals surface area contributed by atoms with Crippen LogP contribution in [-0.2, 0) is 20.1 Å². The molecule has 0 unspecified atom stereocenters. The van der Waals surface area contributed by atoms with Crippen molar-refractivity contribution in [2.45, 2.75) is 53.1 Å². The number of thiophene rings is 1. The number of fused-ring (bicyclic) bond motifs is 3. The predicted octanol–water partition coefficient (Wildman–Crippen LogP) is 13.1. The minimum Gasteiger partial charge on any atom is -0.305 e. The van der Waals surface area contributed by atoms with Gasteiger partial charge in [0.05, 0.1) is 8.07 Å². The van der Waals surface area contributed by atoms with Crippen LogP contribution in [0.5, 0.6) is 0 Å². The third kappa shape index (κ3) is 8.66. The van der Waals surface area contributed by atoms with Crippen LogP contribution in [0.3, 0.4) is 0 Å². The quantitative estimate of drug-likeness (QED) is 0.123. The maximum absolute atomic E-state index is 8.32. The summed E-state index contributed by atoms with van der Waals surface area (Å²) in [6.07, 6.45) is 3.70. The molecule has 2 nitrogen and oxygen atoms in total. The molecular weight excluding hydrogens is 857 g/mol. The Kier molecular flexibility index (Phi) is 9.16. The maximum Gasteiger partial charge on any atom is 0.0795 e. The molecule has 0 saturated heterocycles. The number of aromatic nitrogens is 2. The molecular formula is C48H44IrN2SSi-2. The first-order chi connectivity index (χ1) is 27.8. The molecule has 5 aromatic carbocycles. The van der Waals surface area contributed by atoms with E-state index in [1.807, 2.05) is 92.8 Å². The first-order valence-corrected chi connectivity index (χ1v) is 21.6. The van der Waals surface area contributed by atoms with E-state index in [1.165, 1.54) is 15.3 Å². The molecule has 0 aliphatic heterocycles. The number of rotatable bonds is 6. The third-order valence-corrected chi connectivity index (χ3v) is 12.3. The van der Waals surface area contributed by atoms with E-state index >= 15 is 0 Å². The van der Waals surface area contributed by atoms with E-state index in [1.54, 1.807) is 35.7 Å². The minimum atomic E-state index is -2.19. The SMILES string of the molecule is [2H]C([2H])([2H])c1c[c-]c(-c2ccc([Si](C)(C)C)cn2)cc1-c1ccccc1.[2H]C([2H])([2H])c1ccc(-c2ccc3c(c2)sc2c[c-]c(-c4cc(C([2H])(C)C)ccn4)cc23)cc1.[Ir]. The van der Waals surface area contributed by atoms with E-state index in [2.05, 4.69) is 72.1 Å². The molecule has 8 aromatic rings. The van der Waals surface area contributed by atoms with Gasteiger partial charge in [0.15, 0.2) is 0 Å². The van der Waals surface area contributed by atoms with Gasteiger partial charge in [0, 0.05) is 46.8 Å². The largest absolute Gasteiger partial charge is 0.305 e. The van der Waals surface area contributed by atoms with Crippen molar-refractivity contribution in [2.24, 2.45) is 0 Å². The van der Waals surface area contributed by atoms with Gasteiger partial charge in [0.25, 0.3) is 0 Å². The van der Waals surface area contributed by atoms with Gasteiger partial charge in [-0.1, -0.05) is 147 Å². The molecule has 53 heavy (non-hydrogen) atoms. The number of pyridine rings is 2. The Hall–Kier alpha value is -4.51. The zero-order valence-electron chi connectivity index (χ0n) is 37.3. The van der Waals surface area contributed by atoms with Crippen molar-refractivity contribution in [3.8, 4) is 44.8 Å². The fourth-order valence-corrected chi connectivity index (χ4v) is 8.24. The van der Waals surface area contributed by atoms with E-state index in [-0.39, 0.29) is 20.1 Å². The molecule has 5 heteroatoms. The summed E-state index contributed by atoms with van der Waals surface area (Å²) in [5.74, 6) is -0.686. The van der Waals surface area contributed by atoms with Crippen molar-refractivity contribution in [3.05, 3.63) is 163 Å². The molecule has 0 saturated carbocycles. The van der Waals surface area contributed by atoms with Crippen LogP contribution >= 0.6 is 11.3 Å². The number of hydrogen-bond donors (Lipinski definition) is 0. The third-order valence-electron chi connectivity index (χ3n) is 9.18. The zero-order valence-corrected chi connectivity index (χ0v) is 34.5. The average Bonchev–Trinajstić information content (AvgIpc) is 3.57. The van der Waals surface area contributed by atoms with E-state index in [9.17, 15) is 0 Å². The molecule has 0 N–H and O–H groups in total. The van der Waals surface area contributed by atoms with E-state index in [4.69, 9.17) is 9.60 Å². The summed E-state index contributed by atoms with van der Waals surface area (Å²) in [4.78, 5) is 9.13. The van der Waals surface area contributed by atoms with Gasteiger partial charge in [-0.15, -0.1) is 53.1 Å². The predicted molar refractivity (Wildman–Crippen MR) is 227 cm³/mol. The van der Waals surface area contributed by atoms with Crippen LogP contribution in [0.25, 0.3) is 64.9 Å². The maximum atomic E-state index is 8.32. The Morgan fingerprint density at radius 3 is 2.13 bits per heavy atom. The molecule has 0 bridgehead atoms. The fraction of sp³-hybridized carbons (Fsp3) is 0.167. The van der Waals surface area contributed by atoms with Crippen LogP contribution in [0.4, 0.5) is 0 Å². The number of aryl methyl sites for hydroxylation is 2. The number of benzene rings is 5. The van der Waals surface area contributed by atoms with Crippen molar-refractivity contribution < 1.29 is 29.7 Å². The Balaban J connectivity index is 0.000000204. The molecule has 0 spiro atoms. The first kappa shape index (κ1) is 29.9. The second-order valence-electron chi connectivity index (χ2n) is 14.2. The van der Waals surface area contributed by atoms with Crippen molar-refractivity contribution >= 4 is 44.8 Å². The van der Waals surface area contributed by atoms with Gasteiger partial charge in [-0.3, -0.25) is 0 Å². The monoisotopic (exact) mass is 908 g/mol. The Morgan fingerprint density at radius 1 is 0.679 bits per heavy atom. The molecule has 0 aliphatic carbocycles. The van der Waals surface area contributed by atoms with Gasteiger partial charge in [-0.05, 0) is 68.2 Å². The minimum absolute atomic E-state index is 0. The van der Waals surface area contributed by atoms with E-state index in [0.717, 1.165) is 54.9 Å². The topological polar surface area (TPSA) is 25.8 Å². The Bertz CT molecular complexity index is 2750. The molecule has 1 radical (unpaired) electrons. The van der Waals surface area contributed by atoms with Gasteiger partial charge in [-0.2, -0.15) is 11.3 Å². The summed E-state index contributed by atoms with van der Waals surface area (Å²) in [7, 11) is -1.40. The molecule has 3 heterocycles. The van der Waals surface area contributed by atoms with Crippen molar-refractivity contribution in [2.75, 3.05) is 0 Å². The van der Waals surface area contributed by atoms with Crippen LogP contribution in [0.1, 0.15) is 46.0 Å². The summed E-state index contributed by atoms with van der Waals surface area (Å²) in [6, 6.07) is 45.1. The molecule has 0 amide bonds. The van der Waals surface area contributed by atoms with Crippen LogP contribution in [0, 0.1) is 25.8 Å².